The highest BCUT2D eigenvalue weighted by Crippen LogP contribution is 2.39. The molecule has 0 saturated carbocycles. The second-order valence-corrected chi connectivity index (χ2v) is 14.7. The van der Waals surface area contributed by atoms with Gasteiger partial charge in [0.25, 0.3) is 10.0 Å². The summed E-state index contributed by atoms with van der Waals surface area (Å²) in [4.78, 5) is 22.9. The number of benzene rings is 1. The van der Waals surface area contributed by atoms with Crippen molar-refractivity contribution in [2.75, 3.05) is 64.5 Å². The Morgan fingerprint density at radius 1 is 1.18 bits per heavy atom. The van der Waals surface area contributed by atoms with E-state index < -0.39 is 15.9 Å². The number of sulfonamides is 1. The number of morpholine rings is 1. The van der Waals surface area contributed by atoms with Crippen LogP contribution in [0.4, 0.5) is 5.13 Å². The molecule has 212 valence electrons. The summed E-state index contributed by atoms with van der Waals surface area (Å²) in [5, 5.41) is 1.08. The van der Waals surface area contributed by atoms with Crippen molar-refractivity contribution in [3.63, 3.8) is 0 Å². The zero-order valence-corrected chi connectivity index (χ0v) is 25.4. The van der Waals surface area contributed by atoms with Crippen molar-refractivity contribution in [1.29, 1.82) is 0 Å². The van der Waals surface area contributed by atoms with Gasteiger partial charge in [-0.25, -0.2) is 13.4 Å². The second kappa shape index (κ2) is 12.6. The molecule has 1 unspecified atom stereocenters. The number of fused-ring (bicyclic) bond motifs is 1. The van der Waals surface area contributed by atoms with Crippen LogP contribution in [0.15, 0.2) is 28.5 Å². The third-order valence-corrected chi connectivity index (χ3v) is 12.1. The summed E-state index contributed by atoms with van der Waals surface area (Å²) >= 11 is 14.9. The molecule has 2 aliphatic rings. The maximum atomic E-state index is 14.1. The Bertz CT molecular complexity index is 1420. The number of thiazole rings is 1. The van der Waals surface area contributed by atoms with E-state index in [9.17, 15) is 13.2 Å². The van der Waals surface area contributed by atoms with Gasteiger partial charge in [-0.05, 0) is 43.5 Å². The molecule has 2 aromatic heterocycles. The molecular formula is C25H30Cl2N4O5S3. The first-order valence-electron chi connectivity index (χ1n) is 12.8. The Morgan fingerprint density at radius 3 is 2.69 bits per heavy atom. The van der Waals surface area contributed by atoms with E-state index in [0.29, 0.717) is 64.9 Å². The van der Waals surface area contributed by atoms with Crippen LogP contribution in [0.2, 0.25) is 9.36 Å². The minimum absolute atomic E-state index is 0.117. The number of piperidine rings is 1. The smallest absolute Gasteiger partial charge is 0.252 e. The average Bonchev–Trinajstić information content (AvgIpc) is 3.59. The van der Waals surface area contributed by atoms with Crippen molar-refractivity contribution in [2.24, 2.45) is 5.92 Å². The fraction of sp³-hybridized carbons (Fsp3) is 0.520. The van der Waals surface area contributed by atoms with Crippen LogP contribution in [0.1, 0.15) is 19.3 Å². The van der Waals surface area contributed by atoms with E-state index in [-0.39, 0.29) is 16.7 Å². The number of ether oxygens (including phenoxy) is 2. The molecule has 9 nitrogen and oxygen atoms in total. The molecule has 1 atom stereocenters. The highest BCUT2D eigenvalue weighted by Gasteiger charge is 2.37. The summed E-state index contributed by atoms with van der Waals surface area (Å²) in [6, 6.07) is 6.62. The predicted molar refractivity (Wildman–Crippen MR) is 156 cm³/mol. The summed E-state index contributed by atoms with van der Waals surface area (Å²) in [6.07, 6.45) is 1.94. The van der Waals surface area contributed by atoms with Gasteiger partial charge in [-0.2, -0.15) is 4.31 Å². The summed E-state index contributed by atoms with van der Waals surface area (Å²) in [7, 11) is -2.16. The molecule has 39 heavy (non-hydrogen) atoms. The normalized spacial score (nSPS) is 19.4. The van der Waals surface area contributed by atoms with Gasteiger partial charge in [0.05, 0.1) is 40.3 Å². The van der Waals surface area contributed by atoms with Crippen LogP contribution in [0.3, 0.4) is 0 Å². The topological polar surface area (TPSA) is 92.3 Å². The summed E-state index contributed by atoms with van der Waals surface area (Å²) in [5.41, 5.74) is 0.610. The number of amides is 1. The summed E-state index contributed by atoms with van der Waals surface area (Å²) < 4.78 is 40.3. The fourth-order valence-electron chi connectivity index (χ4n) is 4.94. The van der Waals surface area contributed by atoms with Crippen LogP contribution < -0.4 is 9.64 Å². The van der Waals surface area contributed by atoms with Gasteiger partial charge in [0.15, 0.2) is 5.13 Å². The van der Waals surface area contributed by atoms with Gasteiger partial charge >= 0.3 is 0 Å². The molecular weight excluding hydrogens is 603 g/mol. The molecule has 0 spiro atoms. The average molecular weight is 634 g/mol. The molecule has 14 heteroatoms. The third-order valence-electron chi connectivity index (χ3n) is 7.00. The number of carbonyl (C=O) groups excluding carboxylic acids is 1. The summed E-state index contributed by atoms with van der Waals surface area (Å²) in [6.45, 7) is 4.92. The quantitative estimate of drug-likeness (QED) is 0.334. The molecule has 2 saturated heterocycles. The number of methoxy groups -OCH3 is 1. The molecule has 0 N–H and O–H groups in total. The van der Waals surface area contributed by atoms with Gasteiger partial charge in [-0.3, -0.25) is 14.6 Å². The zero-order valence-electron chi connectivity index (χ0n) is 21.5. The number of rotatable bonds is 9. The lowest BCUT2D eigenvalue weighted by Crippen LogP contribution is -2.47. The number of thiophene rings is 1. The van der Waals surface area contributed by atoms with Crippen molar-refractivity contribution in [3.05, 3.63) is 33.6 Å². The molecule has 0 aliphatic carbocycles. The Hall–Kier alpha value is -1.51. The van der Waals surface area contributed by atoms with Gasteiger partial charge in [0, 0.05) is 39.3 Å². The van der Waals surface area contributed by atoms with Gasteiger partial charge < -0.3 is 9.47 Å². The molecule has 4 heterocycles. The van der Waals surface area contributed by atoms with Crippen LogP contribution in [-0.2, 0) is 19.6 Å². The highest BCUT2D eigenvalue weighted by molar-refractivity contribution is 7.91. The lowest BCUT2D eigenvalue weighted by atomic mass is 9.98. The molecule has 1 amide bonds. The largest absolute Gasteiger partial charge is 0.494 e. The van der Waals surface area contributed by atoms with Crippen LogP contribution in [0, 0.1) is 5.92 Å². The predicted octanol–water partition coefficient (Wildman–Crippen LogP) is 4.83. The first-order valence-corrected chi connectivity index (χ1v) is 16.6. The Kier molecular flexibility index (Phi) is 9.34. The van der Waals surface area contributed by atoms with Crippen LogP contribution in [-0.4, -0.2) is 88.1 Å². The number of hydrogen-bond acceptors (Lipinski definition) is 9. The number of nitrogens with zero attached hydrogens (tertiary/aromatic N) is 4. The fourth-order valence-corrected chi connectivity index (χ4v) is 9.39. The van der Waals surface area contributed by atoms with Crippen molar-refractivity contribution >= 4 is 77.2 Å². The van der Waals surface area contributed by atoms with Crippen molar-refractivity contribution in [3.8, 4) is 5.75 Å². The minimum atomic E-state index is -3.73. The number of anilines is 1. The van der Waals surface area contributed by atoms with Gasteiger partial charge in [0.2, 0.25) is 5.91 Å². The van der Waals surface area contributed by atoms with Crippen LogP contribution in [0.5, 0.6) is 5.75 Å². The van der Waals surface area contributed by atoms with Gasteiger partial charge in [-0.15, -0.1) is 11.3 Å². The van der Waals surface area contributed by atoms with Crippen molar-refractivity contribution in [2.45, 2.75) is 23.5 Å². The minimum Gasteiger partial charge on any atom is -0.494 e. The second-order valence-electron chi connectivity index (χ2n) is 9.48. The van der Waals surface area contributed by atoms with Gasteiger partial charge in [0.1, 0.15) is 15.5 Å². The highest BCUT2D eigenvalue weighted by atomic mass is 35.5. The Morgan fingerprint density at radius 2 is 1.97 bits per heavy atom. The van der Waals surface area contributed by atoms with E-state index in [0.717, 1.165) is 42.1 Å². The Balaban J connectivity index is 1.40. The number of halogens is 2. The molecule has 2 aliphatic heterocycles. The van der Waals surface area contributed by atoms with Crippen molar-refractivity contribution in [1.82, 2.24) is 14.2 Å². The van der Waals surface area contributed by atoms with Crippen LogP contribution in [0.25, 0.3) is 10.2 Å². The van der Waals surface area contributed by atoms with E-state index in [1.807, 2.05) is 0 Å². The van der Waals surface area contributed by atoms with E-state index in [1.54, 1.807) is 30.2 Å². The number of carbonyl (C=O) groups is 1. The van der Waals surface area contributed by atoms with E-state index in [2.05, 4.69) is 4.90 Å². The first kappa shape index (κ1) is 29.0. The summed E-state index contributed by atoms with van der Waals surface area (Å²) in [5.74, 6) is -0.0332. The van der Waals surface area contributed by atoms with E-state index in [1.165, 1.54) is 21.7 Å². The van der Waals surface area contributed by atoms with Crippen LogP contribution >= 0.6 is 45.9 Å². The maximum Gasteiger partial charge on any atom is 0.252 e. The molecule has 2 fully saturated rings. The molecule has 1 aromatic carbocycles. The molecule has 0 bridgehead atoms. The number of hydrogen-bond donors (Lipinski definition) is 0. The van der Waals surface area contributed by atoms with E-state index in [4.69, 9.17) is 37.7 Å². The molecule has 3 aromatic rings. The molecule has 0 radical (unpaired) electrons. The number of aromatic nitrogens is 1. The lowest BCUT2D eigenvalue weighted by Gasteiger charge is -2.34. The van der Waals surface area contributed by atoms with Crippen molar-refractivity contribution < 1.29 is 22.7 Å². The molecule has 5 rings (SSSR count). The third kappa shape index (κ3) is 6.38. The first-order chi connectivity index (χ1) is 18.8. The monoisotopic (exact) mass is 632 g/mol. The zero-order chi connectivity index (χ0) is 27.6. The van der Waals surface area contributed by atoms with E-state index >= 15 is 0 Å². The van der Waals surface area contributed by atoms with Gasteiger partial charge in [-0.1, -0.05) is 34.5 Å². The SMILES string of the molecule is COc1ccc(Cl)c2sc(N(CCCN3CCOCC3)C(=O)C3CCCN(S(=O)(=O)c4ccc(Cl)s4)C3)nc12. The Labute approximate surface area is 246 Å². The lowest BCUT2D eigenvalue weighted by molar-refractivity contribution is -0.123. The maximum absolute atomic E-state index is 14.1. The standard InChI is InChI=1S/C25H30Cl2N4O5S3/c1-35-19-6-5-18(26)23-22(19)28-25(38-23)31(11-3-9-29-12-14-36-15-13-29)24(32)17-4-2-10-30(16-17)39(33,34)21-8-7-20(27)37-21/h5-8,17H,2-4,9-16H2,1H3.